The van der Waals surface area contributed by atoms with Gasteiger partial charge in [-0.15, -0.1) is 0 Å². The largest absolute Gasteiger partial charge is 0.373 e. The fraction of sp³-hybridized carbons (Fsp3) is 0.667. The molecular weight excluding hydrogens is 134 g/mol. The van der Waals surface area contributed by atoms with E-state index in [-0.39, 0.29) is 12.3 Å². The average Bonchev–Trinajstić information content (AvgIpc) is 1.99. The van der Waals surface area contributed by atoms with Gasteiger partial charge in [-0.05, 0) is 6.42 Å². The molecule has 2 N–H and O–H groups in total. The highest BCUT2D eigenvalue weighted by atomic mass is 16.7. The van der Waals surface area contributed by atoms with Gasteiger partial charge in [-0.3, -0.25) is 4.79 Å². The summed E-state index contributed by atoms with van der Waals surface area (Å²) in [6.45, 7) is 1.73. The quantitative estimate of drug-likeness (QED) is 0.447. The first-order valence-electron chi connectivity index (χ1n) is 3.05. The molecule has 0 aliphatic rings. The van der Waals surface area contributed by atoms with E-state index in [2.05, 4.69) is 10.7 Å². The Morgan fingerprint density at radius 2 is 2.40 bits per heavy atom. The van der Waals surface area contributed by atoms with Crippen molar-refractivity contribution in [3.05, 3.63) is 0 Å². The molecule has 4 nitrogen and oxygen atoms in total. The van der Waals surface area contributed by atoms with E-state index in [9.17, 15) is 9.59 Å². The molecule has 0 saturated heterocycles. The van der Waals surface area contributed by atoms with Crippen molar-refractivity contribution in [1.29, 1.82) is 0 Å². The fourth-order valence-electron chi connectivity index (χ4n) is 0.472. The lowest BCUT2D eigenvalue weighted by atomic mass is 10.1. The maximum absolute atomic E-state index is 10.4. The SMILES string of the molecule is CC(C=O)CCC(=O)ON. The topological polar surface area (TPSA) is 69.4 Å². The summed E-state index contributed by atoms with van der Waals surface area (Å²) in [5.41, 5.74) is 0. The van der Waals surface area contributed by atoms with Crippen LogP contribution in [0, 0.1) is 5.92 Å². The van der Waals surface area contributed by atoms with E-state index in [4.69, 9.17) is 0 Å². The molecule has 0 amide bonds. The van der Waals surface area contributed by atoms with Gasteiger partial charge in [-0.2, -0.15) is 5.90 Å². The van der Waals surface area contributed by atoms with Gasteiger partial charge in [0.05, 0.1) is 0 Å². The molecule has 0 heterocycles. The lowest BCUT2D eigenvalue weighted by Gasteiger charge is -1.99. The van der Waals surface area contributed by atoms with Crippen molar-refractivity contribution >= 4 is 12.3 Å². The van der Waals surface area contributed by atoms with Gasteiger partial charge in [0, 0.05) is 12.3 Å². The van der Waals surface area contributed by atoms with Gasteiger partial charge < -0.3 is 9.63 Å². The van der Waals surface area contributed by atoms with Crippen molar-refractivity contribution in [1.82, 2.24) is 0 Å². The Kier molecular flexibility index (Phi) is 4.49. The minimum atomic E-state index is -0.478. The van der Waals surface area contributed by atoms with Gasteiger partial charge in [0.15, 0.2) is 0 Å². The van der Waals surface area contributed by atoms with E-state index in [0.717, 1.165) is 6.29 Å². The first-order valence-corrected chi connectivity index (χ1v) is 3.05. The van der Waals surface area contributed by atoms with E-state index < -0.39 is 5.97 Å². The van der Waals surface area contributed by atoms with Crippen molar-refractivity contribution in [2.75, 3.05) is 0 Å². The molecule has 0 aromatic rings. The maximum atomic E-state index is 10.4. The van der Waals surface area contributed by atoms with Crippen LogP contribution >= 0.6 is 0 Å². The second kappa shape index (κ2) is 4.93. The molecule has 0 fully saturated rings. The van der Waals surface area contributed by atoms with Gasteiger partial charge in [0.1, 0.15) is 6.29 Å². The first kappa shape index (κ1) is 9.10. The normalized spacial score (nSPS) is 12.2. The van der Waals surface area contributed by atoms with Crippen LogP contribution in [-0.2, 0) is 14.4 Å². The van der Waals surface area contributed by atoms with Crippen LogP contribution in [0.15, 0.2) is 0 Å². The molecular formula is C6H11NO3. The number of carbonyl (C=O) groups is 2. The zero-order valence-corrected chi connectivity index (χ0v) is 5.87. The standard InChI is InChI=1S/C6H11NO3/c1-5(4-8)2-3-6(9)10-7/h4-5H,2-3,7H2,1H3. The molecule has 0 saturated carbocycles. The summed E-state index contributed by atoms with van der Waals surface area (Å²) in [5.74, 6) is 3.99. The highest BCUT2D eigenvalue weighted by molar-refractivity contribution is 5.69. The summed E-state index contributed by atoms with van der Waals surface area (Å²) >= 11 is 0. The van der Waals surface area contributed by atoms with Crippen LogP contribution < -0.4 is 5.90 Å². The molecule has 0 aliphatic heterocycles. The van der Waals surface area contributed by atoms with Crippen LogP contribution in [-0.4, -0.2) is 12.3 Å². The smallest absolute Gasteiger partial charge is 0.324 e. The molecule has 0 spiro atoms. The molecule has 0 bridgehead atoms. The van der Waals surface area contributed by atoms with E-state index in [0.29, 0.717) is 6.42 Å². The van der Waals surface area contributed by atoms with Crippen LogP contribution in [0.4, 0.5) is 0 Å². The van der Waals surface area contributed by atoms with Crippen molar-refractivity contribution < 1.29 is 14.4 Å². The van der Waals surface area contributed by atoms with Crippen molar-refractivity contribution in [3.63, 3.8) is 0 Å². The number of carbonyl (C=O) groups excluding carboxylic acids is 2. The van der Waals surface area contributed by atoms with E-state index in [1.807, 2.05) is 0 Å². The highest BCUT2D eigenvalue weighted by Crippen LogP contribution is 2.01. The van der Waals surface area contributed by atoms with Crippen molar-refractivity contribution in [3.8, 4) is 0 Å². The number of hydrogen-bond donors (Lipinski definition) is 1. The second-order valence-electron chi connectivity index (χ2n) is 2.14. The predicted octanol–water partition coefficient (Wildman–Crippen LogP) is 0.0185. The Bertz CT molecular complexity index is 124. The summed E-state index contributed by atoms with van der Waals surface area (Å²) in [6.07, 6.45) is 1.50. The molecule has 0 aromatic heterocycles. The van der Waals surface area contributed by atoms with Gasteiger partial charge in [-0.25, -0.2) is 0 Å². The zero-order chi connectivity index (χ0) is 7.98. The van der Waals surface area contributed by atoms with Gasteiger partial charge in [-0.1, -0.05) is 6.92 Å². The third-order valence-corrected chi connectivity index (χ3v) is 1.17. The Morgan fingerprint density at radius 3 is 2.80 bits per heavy atom. The molecule has 58 valence electrons. The fourth-order valence-corrected chi connectivity index (χ4v) is 0.472. The Balaban J connectivity index is 3.34. The van der Waals surface area contributed by atoms with Crippen LogP contribution in [0.25, 0.3) is 0 Å². The first-order chi connectivity index (χ1) is 4.70. The summed E-state index contributed by atoms with van der Waals surface area (Å²) < 4.78 is 0. The molecule has 4 heteroatoms. The van der Waals surface area contributed by atoms with Crippen molar-refractivity contribution in [2.45, 2.75) is 19.8 Å². The lowest BCUT2D eigenvalue weighted by Crippen LogP contribution is -2.11. The molecule has 1 unspecified atom stereocenters. The zero-order valence-electron chi connectivity index (χ0n) is 5.87. The van der Waals surface area contributed by atoms with Gasteiger partial charge in [0.25, 0.3) is 0 Å². The number of rotatable bonds is 4. The van der Waals surface area contributed by atoms with Crippen molar-refractivity contribution in [2.24, 2.45) is 11.8 Å². The van der Waals surface area contributed by atoms with Gasteiger partial charge in [0.2, 0.25) is 0 Å². The third-order valence-electron chi connectivity index (χ3n) is 1.17. The number of aldehydes is 1. The number of hydrogen-bond acceptors (Lipinski definition) is 4. The third kappa shape index (κ3) is 4.03. The maximum Gasteiger partial charge on any atom is 0.324 e. The molecule has 1 atom stereocenters. The van der Waals surface area contributed by atoms with Gasteiger partial charge >= 0.3 is 5.97 Å². The van der Waals surface area contributed by atoms with Crippen LogP contribution in [0.3, 0.4) is 0 Å². The average molecular weight is 145 g/mol. The monoisotopic (exact) mass is 145 g/mol. The minimum Gasteiger partial charge on any atom is -0.373 e. The molecule has 10 heavy (non-hydrogen) atoms. The van der Waals surface area contributed by atoms with E-state index >= 15 is 0 Å². The van der Waals surface area contributed by atoms with E-state index in [1.54, 1.807) is 6.92 Å². The Hall–Kier alpha value is -0.900. The Morgan fingerprint density at radius 1 is 1.80 bits per heavy atom. The summed E-state index contributed by atoms with van der Waals surface area (Å²) in [6, 6.07) is 0. The predicted molar refractivity (Wildman–Crippen MR) is 34.7 cm³/mol. The van der Waals surface area contributed by atoms with E-state index in [1.165, 1.54) is 0 Å². The summed E-state index contributed by atoms with van der Waals surface area (Å²) in [4.78, 5) is 24.3. The summed E-state index contributed by atoms with van der Waals surface area (Å²) in [5, 5.41) is 0. The highest BCUT2D eigenvalue weighted by Gasteiger charge is 2.04. The second-order valence-corrected chi connectivity index (χ2v) is 2.14. The number of nitrogens with two attached hydrogens (primary N) is 1. The lowest BCUT2D eigenvalue weighted by molar-refractivity contribution is -0.144. The molecule has 0 rings (SSSR count). The van der Waals surface area contributed by atoms with Crippen LogP contribution in [0.5, 0.6) is 0 Å². The summed E-state index contributed by atoms with van der Waals surface area (Å²) in [7, 11) is 0. The molecule has 0 aliphatic carbocycles. The minimum absolute atomic E-state index is 0.0981. The molecule has 0 aromatic carbocycles. The van der Waals surface area contributed by atoms with Crippen LogP contribution in [0.2, 0.25) is 0 Å². The Labute approximate surface area is 59.3 Å². The van der Waals surface area contributed by atoms with Crippen LogP contribution in [0.1, 0.15) is 19.8 Å². The molecule has 0 radical (unpaired) electrons.